The summed E-state index contributed by atoms with van der Waals surface area (Å²) in [6.07, 6.45) is 0.512. The van der Waals surface area contributed by atoms with Crippen molar-refractivity contribution in [2.24, 2.45) is 0 Å². The van der Waals surface area contributed by atoms with Crippen LogP contribution in [0.2, 0.25) is 0 Å². The van der Waals surface area contributed by atoms with E-state index in [0.717, 1.165) is 11.1 Å². The average Bonchev–Trinajstić information content (AvgIpc) is 2.64. The van der Waals surface area contributed by atoms with Crippen molar-refractivity contribution < 1.29 is 22.6 Å². The van der Waals surface area contributed by atoms with Gasteiger partial charge in [0.1, 0.15) is 0 Å². The molecule has 0 aromatic heterocycles. The van der Waals surface area contributed by atoms with Gasteiger partial charge >= 0.3 is 0 Å². The van der Waals surface area contributed by atoms with E-state index in [2.05, 4.69) is 0 Å². The first-order valence-corrected chi connectivity index (χ1v) is 9.59. The van der Waals surface area contributed by atoms with Gasteiger partial charge in [0.05, 0.1) is 26.2 Å². The molecule has 0 heterocycles. The molecule has 0 bridgehead atoms. The third-order valence-electron chi connectivity index (χ3n) is 4.14. The van der Waals surface area contributed by atoms with E-state index in [0.29, 0.717) is 35.1 Å². The first-order chi connectivity index (χ1) is 12.3. The van der Waals surface area contributed by atoms with Crippen LogP contribution >= 0.6 is 0 Å². The minimum absolute atomic E-state index is 0.296. The fourth-order valence-electron chi connectivity index (χ4n) is 2.64. The number of hydrogen-bond acceptors (Lipinski definition) is 5. The molecule has 0 aliphatic rings. The molecule has 0 saturated carbocycles. The van der Waals surface area contributed by atoms with Gasteiger partial charge in [-0.05, 0) is 48.7 Å². The summed E-state index contributed by atoms with van der Waals surface area (Å²) in [6.45, 7) is 2.20. The lowest BCUT2D eigenvalue weighted by Gasteiger charge is -2.19. The Labute approximate surface area is 155 Å². The minimum atomic E-state index is -3.53. The second kappa shape index (κ2) is 8.42. The van der Waals surface area contributed by atoms with E-state index in [9.17, 15) is 8.42 Å². The smallest absolute Gasteiger partial charge is 0.242 e. The maximum absolute atomic E-state index is 12.7. The van der Waals surface area contributed by atoms with Crippen molar-refractivity contribution in [1.82, 2.24) is 4.31 Å². The van der Waals surface area contributed by atoms with Crippen LogP contribution in [0.4, 0.5) is 0 Å². The molecule has 0 spiro atoms. The number of nitrogens with zero attached hydrogens (tertiary/aromatic N) is 1. The third-order valence-corrected chi connectivity index (χ3v) is 5.99. The first-order valence-electron chi connectivity index (χ1n) is 8.15. The lowest BCUT2D eigenvalue weighted by atomic mass is 10.1. The van der Waals surface area contributed by atoms with Gasteiger partial charge in [0, 0.05) is 13.6 Å². The van der Waals surface area contributed by atoms with Gasteiger partial charge in [0.15, 0.2) is 11.5 Å². The quantitative estimate of drug-likeness (QED) is 0.706. The largest absolute Gasteiger partial charge is 0.493 e. The van der Waals surface area contributed by atoms with E-state index in [1.807, 2.05) is 25.1 Å². The summed E-state index contributed by atoms with van der Waals surface area (Å²) in [5.74, 6) is 1.61. The summed E-state index contributed by atoms with van der Waals surface area (Å²) in [6, 6.07) is 10.6. The van der Waals surface area contributed by atoms with Crippen molar-refractivity contribution in [1.29, 1.82) is 0 Å². The summed E-state index contributed by atoms with van der Waals surface area (Å²) in [4.78, 5) is 0.296. The molecule has 142 valence electrons. The average molecular weight is 379 g/mol. The number of rotatable bonds is 8. The Morgan fingerprint density at radius 1 is 0.962 bits per heavy atom. The molecule has 0 aliphatic heterocycles. The van der Waals surface area contributed by atoms with Crippen LogP contribution in [-0.4, -0.2) is 47.6 Å². The SMILES string of the molecule is COc1cc(CCN(C)S(=O)(=O)c2cccc(C)c2)cc(OC)c1OC. The van der Waals surface area contributed by atoms with E-state index in [1.165, 1.54) is 4.31 Å². The Hall–Kier alpha value is -2.25. The van der Waals surface area contributed by atoms with Crippen molar-refractivity contribution >= 4 is 10.0 Å². The van der Waals surface area contributed by atoms with Crippen molar-refractivity contribution in [3.05, 3.63) is 47.5 Å². The molecule has 0 N–H and O–H groups in total. The van der Waals surface area contributed by atoms with Crippen molar-refractivity contribution in [3.63, 3.8) is 0 Å². The van der Waals surface area contributed by atoms with E-state index in [4.69, 9.17) is 14.2 Å². The van der Waals surface area contributed by atoms with Gasteiger partial charge in [0.2, 0.25) is 15.8 Å². The van der Waals surface area contributed by atoms with E-state index >= 15 is 0 Å². The van der Waals surface area contributed by atoms with Gasteiger partial charge in [-0.1, -0.05) is 12.1 Å². The highest BCUT2D eigenvalue weighted by atomic mass is 32.2. The normalized spacial score (nSPS) is 11.5. The molecule has 0 unspecified atom stereocenters. The molecule has 26 heavy (non-hydrogen) atoms. The van der Waals surface area contributed by atoms with Crippen LogP contribution in [0.15, 0.2) is 41.3 Å². The van der Waals surface area contributed by atoms with Crippen molar-refractivity contribution in [2.45, 2.75) is 18.2 Å². The highest BCUT2D eigenvalue weighted by Crippen LogP contribution is 2.38. The number of likely N-dealkylation sites (N-methyl/N-ethyl adjacent to an activating group) is 1. The van der Waals surface area contributed by atoms with Gasteiger partial charge in [-0.3, -0.25) is 0 Å². The van der Waals surface area contributed by atoms with Crippen LogP contribution in [0.5, 0.6) is 17.2 Å². The molecular weight excluding hydrogens is 354 g/mol. The highest BCUT2D eigenvalue weighted by Gasteiger charge is 2.21. The predicted molar refractivity (Wildman–Crippen MR) is 101 cm³/mol. The van der Waals surface area contributed by atoms with Crippen LogP contribution in [0.1, 0.15) is 11.1 Å². The number of methoxy groups -OCH3 is 3. The summed E-state index contributed by atoms with van der Waals surface area (Å²) < 4.78 is 42.8. The highest BCUT2D eigenvalue weighted by molar-refractivity contribution is 7.89. The zero-order chi connectivity index (χ0) is 19.3. The van der Waals surface area contributed by atoms with Gasteiger partial charge in [-0.2, -0.15) is 0 Å². The number of hydrogen-bond donors (Lipinski definition) is 0. The number of sulfonamides is 1. The molecule has 0 saturated heterocycles. The predicted octanol–water partition coefficient (Wildman–Crippen LogP) is 2.88. The molecule has 0 amide bonds. The maximum atomic E-state index is 12.7. The van der Waals surface area contributed by atoms with E-state index < -0.39 is 10.0 Å². The van der Waals surface area contributed by atoms with Gasteiger partial charge in [0.25, 0.3) is 0 Å². The number of benzene rings is 2. The molecule has 2 aromatic carbocycles. The Morgan fingerprint density at radius 2 is 1.58 bits per heavy atom. The van der Waals surface area contributed by atoms with Crippen molar-refractivity contribution in [2.75, 3.05) is 34.9 Å². The molecule has 7 heteroatoms. The molecule has 0 fully saturated rings. The second-order valence-corrected chi connectivity index (χ2v) is 7.97. The van der Waals surface area contributed by atoms with Crippen LogP contribution in [0.25, 0.3) is 0 Å². The zero-order valence-corrected chi connectivity index (χ0v) is 16.6. The molecule has 0 atom stereocenters. The number of aryl methyl sites for hydroxylation is 1. The Kier molecular flexibility index (Phi) is 6.50. The van der Waals surface area contributed by atoms with Gasteiger partial charge in [-0.25, -0.2) is 12.7 Å². The van der Waals surface area contributed by atoms with Crippen LogP contribution < -0.4 is 14.2 Å². The Balaban J connectivity index is 2.20. The van der Waals surface area contributed by atoms with Gasteiger partial charge in [-0.15, -0.1) is 0 Å². The maximum Gasteiger partial charge on any atom is 0.242 e. The fourth-order valence-corrected chi connectivity index (χ4v) is 3.92. The number of ether oxygens (including phenoxy) is 3. The van der Waals surface area contributed by atoms with E-state index in [1.54, 1.807) is 46.6 Å². The zero-order valence-electron chi connectivity index (χ0n) is 15.8. The van der Waals surface area contributed by atoms with Crippen molar-refractivity contribution in [3.8, 4) is 17.2 Å². The lowest BCUT2D eigenvalue weighted by molar-refractivity contribution is 0.323. The van der Waals surface area contributed by atoms with Crippen LogP contribution in [-0.2, 0) is 16.4 Å². The molecule has 2 rings (SSSR count). The molecular formula is C19H25NO5S. The second-order valence-electron chi connectivity index (χ2n) is 5.93. The molecule has 6 nitrogen and oxygen atoms in total. The molecule has 2 aromatic rings. The first kappa shape index (κ1) is 20.1. The monoisotopic (exact) mass is 379 g/mol. The van der Waals surface area contributed by atoms with Gasteiger partial charge < -0.3 is 14.2 Å². The summed E-state index contributed by atoms with van der Waals surface area (Å²) in [5, 5.41) is 0. The summed E-state index contributed by atoms with van der Waals surface area (Å²) in [5.41, 5.74) is 1.80. The summed E-state index contributed by atoms with van der Waals surface area (Å²) in [7, 11) is 2.70. The van der Waals surface area contributed by atoms with Crippen LogP contribution in [0.3, 0.4) is 0 Å². The topological polar surface area (TPSA) is 65.1 Å². The van der Waals surface area contributed by atoms with Crippen LogP contribution in [0, 0.1) is 6.92 Å². The minimum Gasteiger partial charge on any atom is -0.493 e. The van der Waals surface area contributed by atoms with E-state index in [-0.39, 0.29) is 0 Å². The fraction of sp³-hybridized carbons (Fsp3) is 0.368. The Morgan fingerprint density at radius 3 is 2.08 bits per heavy atom. The molecule has 0 radical (unpaired) electrons. The summed E-state index contributed by atoms with van der Waals surface area (Å²) >= 11 is 0. The standard InChI is InChI=1S/C19H25NO5S/c1-14-7-6-8-16(11-14)26(21,22)20(2)10-9-15-12-17(23-3)19(25-5)18(13-15)24-4/h6-8,11-13H,9-10H2,1-5H3. The lowest BCUT2D eigenvalue weighted by Crippen LogP contribution is -2.29. The Bertz CT molecular complexity index is 839. The molecule has 0 aliphatic carbocycles. The third kappa shape index (κ3) is 4.28.